The van der Waals surface area contributed by atoms with Crippen LogP contribution in [0.5, 0.6) is 0 Å². The Balaban J connectivity index is 2.01. The van der Waals surface area contributed by atoms with Crippen LogP contribution in [0.4, 0.5) is 0 Å². The highest BCUT2D eigenvalue weighted by Crippen LogP contribution is 2.10. The average Bonchev–Trinajstić information content (AvgIpc) is 2.66. The second-order valence-electron chi connectivity index (χ2n) is 6.94. The van der Waals surface area contributed by atoms with Crippen molar-refractivity contribution < 1.29 is 19.1 Å². The number of esters is 1. The van der Waals surface area contributed by atoms with E-state index in [0.717, 1.165) is 11.1 Å². The molecular weight excluding hydrogens is 342 g/mol. The van der Waals surface area contributed by atoms with Crippen LogP contribution in [0, 0.1) is 12.8 Å². The van der Waals surface area contributed by atoms with Gasteiger partial charge in [0, 0.05) is 5.56 Å². The molecule has 1 amide bonds. The molecule has 0 fully saturated rings. The quantitative estimate of drug-likeness (QED) is 0.441. The van der Waals surface area contributed by atoms with Crippen LogP contribution in [0.3, 0.4) is 0 Å². The van der Waals surface area contributed by atoms with Crippen molar-refractivity contribution in [2.45, 2.75) is 39.8 Å². The molecule has 2 rings (SSSR count). The third-order valence-electron chi connectivity index (χ3n) is 4.04. The summed E-state index contributed by atoms with van der Waals surface area (Å²) < 4.78 is 5.33. The molecule has 0 bridgehead atoms. The fourth-order valence-corrected chi connectivity index (χ4v) is 2.57. The monoisotopic (exact) mass is 367 g/mol. The summed E-state index contributed by atoms with van der Waals surface area (Å²) in [5.74, 6) is -1.87. The van der Waals surface area contributed by atoms with Gasteiger partial charge in [-0.3, -0.25) is 9.59 Å². The molecule has 5 nitrogen and oxygen atoms in total. The van der Waals surface area contributed by atoms with E-state index in [9.17, 15) is 14.4 Å². The Labute approximate surface area is 159 Å². The largest absolute Gasteiger partial charge is 0.459 e. The predicted octanol–water partition coefficient (Wildman–Crippen LogP) is 3.45. The Morgan fingerprint density at radius 1 is 0.963 bits per heavy atom. The van der Waals surface area contributed by atoms with Crippen molar-refractivity contribution in [2.75, 3.05) is 0 Å². The second kappa shape index (κ2) is 9.67. The van der Waals surface area contributed by atoms with Gasteiger partial charge in [-0.15, -0.1) is 0 Å². The number of aryl methyl sites for hydroxylation is 1. The molecule has 0 aliphatic heterocycles. The van der Waals surface area contributed by atoms with Gasteiger partial charge in [-0.1, -0.05) is 74.0 Å². The topological polar surface area (TPSA) is 72.5 Å². The smallest absolute Gasteiger partial charge is 0.328 e. The Morgan fingerprint density at radius 3 is 2.19 bits per heavy atom. The molecule has 2 aromatic rings. The number of ether oxygens (including phenoxy) is 1. The van der Waals surface area contributed by atoms with Gasteiger partial charge < -0.3 is 10.1 Å². The van der Waals surface area contributed by atoms with Crippen LogP contribution in [0.2, 0.25) is 0 Å². The Morgan fingerprint density at radius 2 is 1.59 bits per heavy atom. The van der Waals surface area contributed by atoms with Crippen LogP contribution in [-0.2, 0) is 20.9 Å². The van der Waals surface area contributed by atoms with Gasteiger partial charge in [-0.2, -0.15) is 0 Å². The minimum atomic E-state index is -0.865. The first-order valence-corrected chi connectivity index (χ1v) is 8.99. The fraction of sp³-hybridized carbons (Fsp3) is 0.318. The molecule has 0 aliphatic rings. The number of rotatable bonds is 8. The molecule has 0 radical (unpaired) electrons. The van der Waals surface area contributed by atoms with E-state index in [1.165, 1.54) is 0 Å². The summed E-state index contributed by atoms with van der Waals surface area (Å²) in [5, 5.41) is 2.53. The number of carbonyl (C=O) groups is 3. The average molecular weight is 367 g/mol. The maximum atomic E-state index is 12.4. The van der Waals surface area contributed by atoms with Crippen LogP contribution in [0.15, 0.2) is 54.6 Å². The molecule has 142 valence electrons. The zero-order chi connectivity index (χ0) is 19.8. The van der Waals surface area contributed by atoms with Crippen LogP contribution in [-0.4, -0.2) is 23.7 Å². The van der Waals surface area contributed by atoms with Gasteiger partial charge in [-0.05, 0) is 24.8 Å². The highest BCUT2D eigenvalue weighted by Gasteiger charge is 2.27. The summed E-state index contributed by atoms with van der Waals surface area (Å²) in [5.41, 5.74) is 2.14. The summed E-state index contributed by atoms with van der Waals surface area (Å²) >= 11 is 0. The number of hydrogen-bond acceptors (Lipinski definition) is 4. The van der Waals surface area contributed by atoms with Crippen molar-refractivity contribution in [1.82, 2.24) is 5.32 Å². The Hall–Kier alpha value is -2.95. The number of amides is 1. The lowest BCUT2D eigenvalue weighted by Crippen LogP contribution is -2.45. The first kappa shape index (κ1) is 20.4. The predicted molar refractivity (Wildman–Crippen MR) is 103 cm³/mol. The summed E-state index contributed by atoms with van der Waals surface area (Å²) in [6, 6.07) is 15.2. The SMILES string of the molecule is Cc1ccc(C(=O)C(=O)N[C@@H](CC(C)C)C(=O)OCc2ccccc2)cc1. The summed E-state index contributed by atoms with van der Waals surface area (Å²) in [7, 11) is 0. The van der Waals surface area contributed by atoms with Crippen LogP contribution in [0.1, 0.15) is 41.8 Å². The van der Waals surface area contributed by atoms with Gasteiger partial charge in [0.2, 0.25) is 5.78 Å². The van der Waals surface area contributed by atoms with E-state index in [2.05, 4.69) is 5.32 Å². The first-order valence-electron chi connectivity index (χ1n) is 8.99. The Bertz CT molecular complexity index is 782. The lowest BCUT2D eigenvalue weighted by molar-refractivity contribution is -0.149. The van der Waals surface area contributed by atoms with Gasteiger partial charge in [0.25, 0.3) is 5.91 Å². The zero-order valence-electron chi connectivity index (χ0n) is 15.9. The highest BCUT2D eigenvalue weighted by atomic mass is 16.5. The second-order valence-corrected chi connectivity index (χ2v) is 6.94. The van der Waals surface area contributed by atoms with E-state index in [0.29, 0.717) is 12.0 Å². The standard InChI is InChI=1S/C22H25NO4/c1-15(2)13-19(22(26)27-14-17-7-5-4-6-8-17)23-21(25)20(24)18-11-9-16(3)10-12-18/h4-12,15,19H,13-14H2,1-3H3,(H,23,25)/t19-/m0/s1. The number of benzene rings is 2. The molecule has 27 heavy (non-hydrogen) atoms. The molecule has 0 heterocycles. The summed E-state index contributed by atoms with van der Waals surface area (Å²) in [6.45, 7) is 5.89. The molecule has 0 spiro atoms. The third-order valence-corrected chi connectivity index (χ3v) is 4.04. The van der Waals surface area contributed by atoms with Gasteiger partial charge in [0.05, 0.1) is 0 Å². The summed E-state index contributed by atoms with van der Waals surface area (Å²) in [4.78, 5) is 37.1. The minimum absolute atomic E-state index is 0.121. The number of carbonyl (C=O) groups excluding carboxylic acids is 3. The molecule has 1 atom stereocenters. The third kappa shape index (κ3) is 6.37. The van der Waals surface area contributed by atoms with Gasteiger partial charge in [0.15, 0.2) is 0 Å². The first-order chi connectivity index (χ1) is 12.9. The number of hydrogen-bond donors (Lipinski definition) is 1. The van der Waals surface area contributed by atoms with Crippen molar-refractivity contribution in [3.8, 4) is 0 Å². The van der Waals surface area contributed by atoms with E-state index in [4.69, 9.17) is 4.74 Å². The normalized spacial score (nSPS) is 11.7. The highest BCUT2D eigenvalue weighted by molar-refractivity contribution is 6.43. The number of nitrogens with one attached hydrogen (secondary N) is 1. The van der Waals surface area contributed by atoms with Gasteiger partial charge >= 0.3 is 5.97 Å². The maximum absolute atomic E-state index is 12.4. The van der Waals surface area contributed by atoms with Crippen molar-refractivity contribution in [1.29, 1.82) is 0 Å². The van der Waals surface area contributed by atoms with Crippen LogP contribution in [0.25, 0.3) is 0 Å². The van der Waals surface area contributed by atoms with E-state index in [1.54, 1.807) is 24.3 Å². The Kier molecular flexibility index (Phi) is 7.29. The fourth-order valence-electron chi connectivity index (χ4n) is 2.57. The molecule has 2 aromatic carbocycles. The molecule has 0 unspecified atom stereocenters. The molecule has 0 aromatic heterocycles. The summed E-state index contributed by atoms with van der Waals surface area (Å²) in [6.07, 6.45) is 0.389. The minimum Gasteiger partial charge on any atom is -0.459 e. The lowest BCUT2D eigenvalue weighted by atomic mass is 10.0. The van der Waals surface area contributed by atoms with Gasteiger partial charge in [-0.25, -0.2) is 4.79 Å². The van der Waals surface area contributed by atoms with Crippen molar-refractivity contribution in [3.63, 3.8) is 0 Å². The molecule has 1 N–H and O–H groups in total. The number of ketones is 1. The van der Waals surface area contributed by atoms with Gasteiger partial charge in [0.1, 0.15) is 12.6 Å². The van der Waals surface area contributed by atoms with Crippen LogP contribution < -0.4 is 5.32 Å². The molecule has 0 aliphatic carbocycles. The van der Waals surface area contributed by atoms with Crippen molar-refractivity contribution in [3.05, 3.63) is 71.3 Å². The van der Waals surface area contributed by atoms with E-state index in [1.807, 2.05) is 51.1 Å². The maximum Gasteiger partial charge on any atom is 0.328 e. The lowest BCUT2D eigenvalue weighted by Gasteiger charge is -2.19. The van der Waals surface area contributed by atoms with Crippen molar-refractivity contribution in [2.24, 2.45) is 5.92 Å². The van der Waals surface area contributed by atoms with Crippen LogP contribution >= 0.6 is 0 Å². The van der Waals surface area contributed by atoms with E-state index in [-0.39, 0.29) is 12.5 Å². The zero-order valence-corrected chi connectivity index (χ0v) is 15.9. The number of Topliss-reactive ketones (excluding diaryl/α,β-unsaturated/α-hetero) is 1. The van der Waals surface area contributed by atoms with Crippen molar-refractivity contribution >= 4 is 17.7 Å². The molecule has 0 saturated heterocycles. The molecule has 5 heteroatoms. The van der Waals surface area contributed by atoms with E-state index >= 15 is 0 Å². The van der Waals surface area contributed by atoms with E-state index < -0.39 is 23.7 Å². The molecular formula is C22H25NO4. The molecule has 0 saturated carbocycles.